The second-order valence-corrected chi connectivity index (χ2v) is 13.0. The van der Waals surface area contributed by atoms with Crippen LogP contribution in [0, 0.1) is 0 Å². The van der Waals surface area contributed by atoms with Gasteiger partial charge >= 0.3 is 5.97 Å². The van der Waals surface area contributed by atoms with E-state index in [1.807, 2.05) is 13.8 Å². The van der Waals surface area contributed by atoms with Crippen molar-refractivity contribution in [3.63, 3.8) is 0 Å². The van der Waals surface area contributed by atoms with Crippen molar-refractivity contribution in [1.29, 1.82) is 0 Å². The van der Waals surface area contributed by atoms with E-state index >= 15 is 0 Å². The summed E-state index contributed by atoms with van der Waals surface area (Å²) in [5.74, 6) is -1.13. The lowest BCUT2D eigenvalue weighted by Crippen LogP contribution is -2.46. The standard InChI is InChI=1S/C15H28O5Si/c1-13(2,3)21(7,8)17-9-10-11-15(6,12(16)18-10)20-14(4,5)19-11/h10-11H,9H2,1-8H3/t10-,11?,15-/m0/s1. The fourth-order valence-electron chi connectivity index (χ4n) is 2.54. The molecule has 0 N–H and O–H groups in total. The first-order chi connectivity index (χ1) is 9.29. The molecule has 0 aromatic carbocycles. The molecule has 0 bridgehead atoms. The maximum Gasteiger partial charge on any atom is 0.341 e. The first-order valence-electron chi connectivity index (χ1n) is 7.52. The molecular formula is C15H28O5Si. The fraction of sp³-hybridized carbons (Fsp3) is 0.933. The molecule has 2 heterocycles. The molecule has 0 spiro atoms. The van der Waals surface area contributed by atoms with Crippen LogP contribution in [0.4, 0.5) is 0 Å². The van der Waals surface area contributed by atoms with Crippen LogP contribution in [-0.2, 0) is 23.4 Å². The minimum absolute atomic E-state index is 0.116. The fourth-order valence-corrected chi connectivity index (χ4v) is 3.56. The first-order valence-corrected chi connectivity index (χ1v) is 10.4. The van der Waals surface area contributed by atoms with Gasteiger partial charge in [0.2, 0.25) is 0 Å². The molecule has 21 heavy (non-hydrogen) atoms. The molecule has 0 aromatic heterocycles. The molecule has 1 unspecified atom stereocenters. The quantitative estimate of drug-likeness (QED) is 0.592. The minimum Gasteiger partial charge on any atom is -0.455 e. The summed E-state index contributed by atoms with van der Waals surface area (Å²) < 4.78 is 23.3. The normalized spacial score (nSPS) is 35.7. The molecule has 5 nitrogen and oxygen atoms in total. The van der Waals surface area contributed by atoms with Crippen LogP contribution in [0.25, 0.3) is 0 Å². The van der Waals surface area contributed by atoms with Gasteiger partial charge in [-0.15, -0.1) is 0 Å². The van der Waals surface area contributed by atoms with Crippen LogP contribution in [0.1, 0.15) is 41.5 Å². The van der Waals surface area contributed by atoms with E-state index in [-0.39, 0.29) is 11.0 Å². The van der Waals surface area contributed by atoms with Gasteiger partial charge in [0, 0.05) is 0 Å². The van der Waals surface area contributed by atoms with Gasteiger partial charge in [-0.25, -0.2) is 4.79 Å². The van der Waals surface area contributed by atoms with Crippen LogP contribution in [0.2, 0.25) is 18.1 Å². The van der Waals surface area contributed by atoms with Crippen molar-refractivity contribution in [3.8, 4) is 0 Å². The monoisotopic (exact) mass is 316 g/mol. The number of cyclic esters (lactones) is 1. The van der Waals surface area contributed by atoms with E-state index in [1.165, 1.54) is 0 Å². The summed E-state index contributed by atoms with van der Waals surface area (Å²) in [5, 5.41) is 0.116. The number of hydrogen-bond donors (Lipinski definition) is 0. The summed E-state index contributed by atoms with van der Waals surface area (Å²) in [7, 11) is -1.89. The molecule has 0 saturated carbocycles. The lowest BCUT2D eigenvalue weighted by molar-refractivity contribution is -0.198. The molecule has 2 aliphatic heterocycles. The smallest absolute Gasteiger partial charge is 0.341 e. The zero-order valence-corrected chi connectivity index (χ0v) is 15.4. The van der Waals surface area contributed by atoms with Crippen molar-refractivity contribution in [2.45, 2.75) is 83.3 Å². The Morgan fingerprint density at radius 3 is 2.33 bits per heavy atom. The summed E-state index contributed by atoms with van der Waals surface area (Å²) in [4.78, 5) is 12.1. The molecular weight excluding hydrogens is 288 g/mol. The highest BCUT2D eigenvalue weighted by Gasteiger charge is 2.64. The minimum atomic E-state index is -1.89. The third-order valence-electron chi connectivity index (χ3n) is 4.83. The highest BCUT2D eigenvalue weighted by Crippen LogP contribution is 2.44. The second kappa shape index (κ2) is 4.78. The molecule has 6 heteroatoms. The maximum atomic E-state index is 12.1. The van der Waals surface area contributed by atoms with E-state index in [9.17, 15) is 4.79 Å². The van der Waals surface area contributed by atoms with Gasteiger partial charge in [0.05, 0.1) is 6.61 Å². The Morgan fingerprint density at radius 1 is 1.24 bits per heavy atom. The van der Waals surface area contributed by atoms with Crippen molar-refractivity contribution in [2.75, 3.05) is 6.61 Å². The van der Waals surface area contributed by atoms with Crippen LogP contribution >= 0.6 is 0 Å². The summed E-state index contributed by atoms with van der Waals surface area (Å²) in [6.45, 7) is 16.6. The van der Waals surface area contributed by atoms with Crippen molar-refractivity contribution in [2.24, 2.45) is 0 Å². The van der Waals surface area contributed by atoms with Gasteiger partial charge in [0.25, 0.3) is 0 Å². The van der Waals surface area contributed by atoms with Crippen molar-refractivity contribution in [1.82, 2.24) is 0 Å². The van der Waals surface area contributed by atoms with Gasteiger partial charge in [-0.05, 0) is 38.9 Å². The SMILES string of the molecule is CC1(C)OC2[C@H](CO[Si](C)(C)C(C)(C)C)OC(=O)[C@@]2(C)O1. The van der Waals surface area contributed by atoms with Gasteiger partial charge in [0.15, 0.2) is 25.8 Å². The molecule has 3 atom stereocenters. The molecule has 2 rings (SSSR count). The Kier molecular flexibility index (Phi) is 3.85. The molecule has 2 saturated heterocycles. The van der Waals surface area contributed by atoms with E-state index in [0.29, 0.717) is 6.61 Å². The molecule has 122 valence electrons. The van der Waals surface area contributed by atoms with Crippen LogP contribution in [0.3, 0.4) is 0 Å². The molecule has 0 aliphatic carbocycles. The van der Waals surface area contributed by atoms with Gasteiger partial charge in [-0.1, -0.05) is 20.8 Å². The summed E-state index contributed by atoms with van der Waals surface area (Å²) >= 11 is 0. The first kappa shape index (κ1) is 16.9. The molecule has 0 amide bonds. The summed E-state index contributed by atoms with van der Waals surface area (Å²) in [6.07, 6.45) is -0.817. The van der Waals surface area contributed by atoms with E-state index < -0.39 is 31.9 Å². The highest BCUT2D eigenvalue weighted by molar-refractivity contribution is 6.74. The van der Waals surface area contributed by atoms with E-state index in [1.54, 1.807) is 6.92 Å². The zero-order valence-electron chi connectivity index (χ0n) is 14.4. The Hall–Kier alpha value is -0.433. The van der Waals surface area contributed by atoms with Gasteiger partial charge < -0.3 is 18.6 Å². The summed E-state index contributed by atoms with van der Waals surface area (Å²) in [5.41, 5.74) is -1.02. The Morgan fingerprint density at radius 2 is 1.81 bits per heavy atom. The van der Waals surface area contributed by atoms with E-state index in [2.05, 4.69) is 33.9 Å². The molecule has 0 radical (unpaired) electrons. The predicted molar refractivity (Wildman–Crippen MR) is 81.5 cm³/mol. The summed E-state index contributed by atoms with van der Waals surface area (Å²) in [6, 6.07) is 0. The van der Waals surface area contributed by atoms with E-state index in [4.69, 9.17) is 18.6 Å². The van der Waals surface area contributed by atoms with Gasteiger partial charge in [0.1, 0.15) is 6.10 Å². The average Bonchev–Trinajstić information content (AvgIpc) is 2.64. The number of fused-ring (bicyclic) bond motifs is 1. The van der Waals surface area contributed by atoms with Crippen LogP contribution in [0.5, 0.6) is 0 Å². The third-order valence-corrected chi connectivity index (χ3v) is 9.33. The largest absolute Gasteiger partial charge is 0.455 e. The van der Waals surface area contributed by atoms with Gasteiger partial charge in [-0.3, -0.25) is 0 Å². The van der Waals surface area contributed by atoms with Gasteiger partial charge in [-0.2, -0.15) is 0 Å². The Bertz CT molecular complexity index is 440. The number of ether oxygens (including phenoxy) is 3. The van der Waals surface area contributed by atoms with Crippen LogP contribution < -0.4 is 0 Å². The van der Waals surface area contributed by atoms with Crippen LogP contribution in [0.15, 0.2) is 0 Å². The molecule has 2 aliphatic rings. The number of rotatable bonds is 3. The van der Waals surface area contributed by atoms with Crippen molar-refractivity contribution < 1.29 is 23.4 Å². The predicted octanol–water partition coefficient (Wildman–Crippen LogP) is 2.84. The molecule has 2 fully saturated rings. The highest BCUT2D eigenvalue weighted by atomic mass is 28.4. The lowest BCUT2D eigenvalue weighted by Gasteiger charge is -2.37. The number of hydrogen-bond acceptors (Lipinski definition) is 5. The van der Waals surface area contributed by atoms with E-state index in [0.717, 1.165) is 0 Å². The number of carbonyl (C=O) groups excluding carboxylic acids is 1. The number of esters is 1. The maximum absolute atomic E-state index is 12.1. The average molecular weight is 316 g/mol. The third kappa shape index (κ3) is 2.91. The van der Waals surface area contributed by atoms with Crippen molar-refractivity contribution in [3.05, 3.63) is 0 Å². The van der Waals surface area contributed by atoms with Crippen LogP contribution in [-0.4, -0.2) is 44.5 Å². The number of carbonyl (C=O) groups is 1. The Balaban J connectivity index is 2.08. The Labute approximate surface area is 128 Å². The molecule has 0 aromatic rings. The zero-order chi connectivity index (χ0) is 16.3. The van der Waals surface area contributed by atoms with Crippen molar-refractivity contribution >= 4 is 14.3 Å². The second-order valence-electron chi connectivity index (χ2n) is 8.16. The topological polar surface area (TPSA) is 54.0 Å². The lowest BCUT2D eigenvalue weighted by atomic mass is 9.99.